The summed E-state index contributed by atoms with van der Waals surface area (Å²) in [6.07, 6.45) is 9.06. The maximum atomic E-state index is 4.11. The molecule has 0 saturated heterocycles. The second-order valence-electron chi connectivity index (χ2n) is 6.27. The molecule has 20 heavy (non-hydrogen) atoms. The largest absolute Gasteiger partial charge is 0.336 e. The number of benzene rings is 1. The first-order chi connectivity index (χ1) is 9.49. The van der Waals surface area contributed by atoms with E-state index in [1.165, 1.54) is 11.1 Å². The number of hydrogen-bond donors (Lipinski definition) is 0. The van der Waals surface area contributed by atoms with Crippen molar-refractivity contribution in [3.63, 3.8) is 0 Å². The molecule has 0 amide bonds. The van der Waals surface area contributed by atoms with Crippen LogP contribution in [-0.2, 0) is 18.4 Å². The van der Waals surface area contributed by atoms with Crippen LogP contribution in [0.1, 0.15) is 31.9 Å². The summed E-state index contributed by atoms with van der Waals surface area (Å²) in [5.74, 6) is 0. The molecule has 2 rings (SSSR count). The second-order valence-corrected chi connectivity index (χ2v) is 7.41. The van der Waals surface area contributed by atoms with Gasteiger partial charge in [0.25, 0.3) is 0 Å². The van der Waals surface area contributed by atoms with E-state index in [0.29, 0.717) is 5.25 Å². The molecule has 0 aliphatic heterocycles. The fourth-order valence-electron chi connectivity index (χ4n) is 2.26. The predicted octanol–water partition coefficient (Wildman–Crippen LogP) is 4.15. The number of nitrogens with zero attached hydrogens (tertiary/aromatic N) is 2. The summed E-state index contributed by atoms with van der Waals surface area (Å²) in [5, 5.41) is 0.588. The van der Waals surface area contributed by atoms with Gasteiger partial charge in [-0.25, -0.2) is 4.98 Å². The van der Waals surface area contributed by atoms with Crippen molar-refractivity contribution in [2.45, 2.75) is 44.4 Å². The van der Waals surface area contributed by atoms with Crippen LogP contribution >= 0.6 is 11.8 Å². The van der Waals surface area contributed by atoms with Gasteiger partial charge in [0, 0.05) is 24.2 Å². The minimum Gasteiger partial charge on any atom is -0.336 e. The third kappa shape index (κ3) is 4.14. The molecule has 1 aromatic heterocycles. The van der Waals surface area contributed by atoms with Gasteiger partial charge < -0.3 is 4.57 Å². The van der Waals surface area contributed by atoms with Gasteiger partial charge in [0.15, 0.2) is 0 Å². The fraction of sp³-hybridized carbons (Fsp3) is 0.471. The lowest BCUT2D eigenvalue weighted by atomic mass is 9.86. The highest BCUT2D eigenvalue weighted by atomic mass is 32.2. The van der Waals surface area contributed by atoms with E-state index in [1.54, 1.807) is 0 Å². The number of rotatable bonds is 5. The summed E-state index contributed by atoms with van der Waals surface area (Å²) in [4.78, 5) is 4.11. The maximum absolute atomic E-state index is 4.11. The number of thioether (sulfide) groups is 1. The van der Waals surface area contributed by atoms with Crippen molar-refractivity contribution in [2.24, 2.45) is 0 Å². The number of aromatic nitrogens is 2. The zero-order valence-electron chi connectivity index (χ0n) is 12.8. The Morgan fingerprint density at radius 2 is 1.90 bits per heavy atom. The van der Waals surface area contributed by atoms with Crippen LogP contribution in [0.4, 0.5) is 0 Å². The second kappa shape index (κ2) is 6.49. The molecule has 1 aromatic carbocycles. The molecular formula is C17H24N2S. The molecule has 0 bridgehead atoms. The monoisotopic (exact) mass is 288 g/mol. The minimum absolute atomic E-state index is 0.230. The summed E-state index contributed by atoms with van der Waals surface area (Å²) in [6, 6.07) is 9.09. The van der Waals surface area contributed by atoms with Gasteiger partial charge in [-0.15, -0.1) is 0 Å². The van der Waals surface area contributed by atoms with Crippen molar-refractivity contribution < 1.29 is 0 Å². The first-order valence-corrected chi connectivity index (χ1v) is 8.36. The number of imidazole rings is 1. The SMILES string of the molecule is CSC(Cc1ccc(C(C)(C)C)cc1)Cn1ccnc1. The maximum Gasteiger partial charge on any atom is 0.0946 e. The summed E-state index contributed by atoms with van der Waals surface area (Å²) in [6.45, 7) is 7.78. The van der Waals surface area contributed by atoms with Crippen LogP contribution in [0.25, 0.3) is 0 Å². The Bertz CT molecular complexity index is 509. The van der Waals surface area contributed by atoms with Crippen LogP contribution in [0, 0.1) is 0 Å². The van der Waals surface area contributed by atoms with Crippen LogP contribution in [-0.4, -0.2) is 21.1 Å². The smallest absolute Gasteiger partial charge is 0.0946 e. The van der Waals surface area contributed by atoms with Crippen molar-refractivity contribution >= 4 is 11.8 Å². The molecule has 0 fully saturated rings. The first kappa shape index (κ1) is 15.2. The molecule has 108 valence electrons. The van der Waals surface area contributed by atoms with Gasteiger partial charge in [-0.3, -0.25) is 0 Å². The normalized spacial score (nSPS) is 13.4. The highest BCUT2D eigenvalue weighted by molar-refractivity contribution is 7.99. The van der Waals surface area contributed by atoms with Crippen molar-refractivity contribution in [1.29, 1.82) is 0 Å². The van der Waals surface area contributed by atoms with Crippen LogP contribution in [0.5, 0.6) is 0 Å². The molecule has 0 aliphatic rings. The highest BCUT2D eigenvalue weighted by Gasteiger charge is 2.14. The molecule has 1 unspecified atom stereocenters. The zero-order valence-corrected chi connectivity index (χ0v) is 13.7. The van der Waals surface area contributed by atoms with E-state index in [2.05, 4.69) is 60.8 Å². The average molecular weight is 288 g/mol. The van der Waals surface area contributed by atoms with E-state index in [-0.39, 0.29) is 5.41 Å². The average Bonchev–Trinajstić information content (AvgIpc) is 2.90. The summed E-state index contributed by atoms with van der Waals surface area (Å²) < 4.78 is 2.16. The van der Waals surface area contributed by atoms with Crippen LogP contribution < -0.4 is 0 Å². The number of hydrogen-bond acceptors (Lipinski definition) is 2. The fourth-order valence-corrected chi connectivity index (χ4v) is 2.94. The quantitative estimate of drug-likeness (QED) is 0.822. The van der Waals surface area contributed by atoms with Crippen LogP contribution in [0.3, 0.4) is 0 Å². The van der Waals surface area contributed by atoms with Crippen LogP contribution in [0.2, 0.25) is 0 Å². The van der Waals surface area contributed by atoms with Crippen molar-refractivity contribution in [3.05, 3.63) is 54.1 Å². The summed E-state index contributed by atoms with van der Waals surface area (Å²) in [7, 11) is 0. The standard InChI is InChI=1S/C17H24N2S/c1-17(2,3)15-7-5-14(6-8-15)11-16(20-4)12-19-10-9-18-13-19/h5-10,13,16H,11-12H2,1-4H3. The van der Waals surface area contributed by atoms with Gasteiger partial charge in [-0.2, -0.15) is 11.8 Å². The van der Waals surface area contributed by atoms with E-state index in [9.17, 15) is 0 Å². The molecule has 0 radical (unpaired) electrons. The Morgan fingerprint density at radius 3 is 2.40 bits per heavy atom. The first-order valence-electron chi connectivity index (χ1n) is 7.07. The van der Waals surface area contributed by atoms with E-state index in [0.717, 1.165) is 13.0 Å². The lowest BCUT2D eigenvalue weighted by molar-refractivity contribution is 0.589. The van der Waals surface area contributed by atoms with Crippen molar-refractivity contribution in [2.75, 3.05) is 6.26 Å². The lowest BCUT2D eigenvalue weighted by Crippen LogP contribution is -2.15. The Labute approximate surface area is 126 Å². The zero-order chi connectivity index (χ0) is 14.6. The molecular weight excluding hydrogens is 264 g/mol. The molecule has 1 heterocycles. The Balaban J connectivity index is 2.01. The minimum atomic E-state index is 0.230. The third-order valence-corrected chi connectivity index (χ3v) is 4.57. The van der Waals surface area contributed by atoms with E-state index >= 15 is 0 Å². The van der Waals surface area contributed by atoms with E-state index in [4.69, 9.17) is 0 Å². The predicted molar refractivity (Wildman–Crippen MR) is 88.4 cm³/mol. The van der Waals surface area contributed by atoms with E-state index < -0.39 is 0 Å². The van der Waals surface area contributed by atoms with Gasteiger partial charge in [0.2, 0.25) is 0 Å². The molecule has 1 atom stereocenters. The van der Waals surface area contributed by atoms with Crippen LogP contribution in [0.15, 0.2) is 43.0 Å². The molecule has 2 aromatic rings. The molecule has 0 aliphatic carbocycles. The van der Waals surface area contributed by atoms with Gasteiger partial charge in [-0.05, 0) is 29.2 Å². The van der Waals surface area contributed by atoms with Gasteiger partial charge in [-0.1, -0.05) is 45.0 Å². The molecule has 3 heteroatoms. The van der Waals surface area contributed by atoms with Gasteiger partial charge in [0.1, 0.15) is 0 Å². The molecule has 0 saturated carbocycles. The van der Waals surface area contributed by atoms with Gasteiger partial charge in [0.05, 0.1) is 6.33 Å². The highest BCUT2D eigenvalue weighted by Crippen LogP contribution is 2.23. The Kier molecular flexibility index (Phi) is 4.92. The lowest BCUT2D eigenvalue weighted by Gasteiger charge is -2.20. The van der Waals surface area contributed by atoms with Gasteiger partial charge >= 0.3 is 0 Å². The Morgan fingerprint density at radius 1 is 1.20 bits per heavy atom. The van der Waals surface area contributed by atoms with Crippen molar-refractivity contribution in [1.82, 2.24) is 9.55 Å². The van der Waals surface area contributed by atoms with E-state index in [1.807, 2.05) is 30.5 Å². The molecule has 2 nitrogen and oxygen atoms in total. The topological polar surface area (TPSA) is 17.8 Å². The Hall–Kier alpha value is -1.22. The summed E-state index contributed by atoms with van der Waals surface area (Å²) in [5.41, 5.74) is 3.04. The van der Waals surface area contributed by atoms with Crippen molar-refractivity contribution in [3.8, 4) is 0 Å². The summed E-state index contributed by atoms with van der Waals surface area (Å²) >= 11 is 1.92. The third-order valence-electron chi connectivity index (χ3n) is 3.59. The molecule has 0 spiro atoms. The molecule has 0 N–H and O–H groups in total.